The van der Waals surface area contributed by atoms with Crippen molar-refractivity contribution in [1.82, 2.24) is 10.3 Å². The van der Waals surface area contributed by atoms with Gasteiger partial charge in [0.1, 0.15) is 5.82 Å². The number of amides is 2. The number of hydrogen-bond acceptors (Lipinski definition) is 3. The minimum atomic E-state index is -0.268. The van der Waals surface area contributed by atoms with Crippen molar-refractivity contribution < 1.29 is 9.53 Å². The molecular weight excluding hydrogens is 206 g/mol. The van der Waals surface area contributed by atoms with Gasteiger partial charge in [0.15, 0.2) is 0 Å². The predicted molar refractivity (Wildman–Crippen MR) is 62.5 cm³/mol. The van der Waals surface area contributed by atoms with Crippen molar-refractivity contribution in [3.8, 4) is 0 Å². The lowest BCUT2D eigenvalue weighted by Gasteiger charge is -2.06. The van der Waals surface area contributed by atoms with E-state index >= 15 is 0 Å². The lowest BCUT2D eigenvalue weighted by Crippen LogP contribution is -2.31. The van der Waals surface area contributed by atoms with Crippen LogP contribution in [0.4, 0.5) is 10.6 Å². The monoisotopic (exact) mass is 223 g/mol. The second-order valence-corrected chi connectivity index (χ2v) is 3.30. The van der Waals surface area contributed by atoms with Crippen LogP contribution in [0, 0.1) is 6.92 Å². The number of aryl methyl sites for hydroxylation is 1. The second-order valence-electron chi connectivity index (χ2n) is 3.30. The minimum absolute atomic E-state index is 0.268. The molecule has 16 heavy (non-hydrogen) atoms. The Bertz CT molecular complexity index is 325. The summed E-state index contributed by atoms with van der Waals surface area (Å²) in [5.41, 5.74) is 1.06. The topological polar surface area (TPSA) is 63.2 Å². The zero-order valence-electron chi connectivity index (χ0n) is 9.62. The molecule has 88 valence electrons. The van der Waals surface area contributed by atoms with Crippen molar-refractivity contribution in [3.05, 3.63) is 23.9 Å². The van der Waals surface area contributed by atoms with Crippen molar-refractivity contribution in [2.45, 2.75) is 13.8 Å². The summed E-state index contributed by atoms with van der Waals surface area (Å²) in [6.07, 6.45) is 1.70. The van der Waals surface area contributed by atoms with Gasteiger partial charge in [0, 0.05) is 19.3 Å². The zero-order valence-corrected chi connectivity index (χ0v) is 9.62. The van der Waals surface area contributed by atoms with E-state index in [-0.39, 0.29) is 6.03 Å². The van der Waals surface area contributed by atoms with E-state index in [1.165, 1.54) is 0 Å². The fraction of sp³-hybridized carbons (Fsp3) is 0.455. The number of hydrogen-bond donors (Lipinski definition) is 2. The molecular formula is C11H17N3O2. The molecule has 0 saturated carbocycles. The van der Waals surface area contributed by atoms with Gasteiger partial charge in [0.25, 0.3) is 0 Å². The molecule has 0 aromatic carbocycles. The smallest absolute Gasteiger partial charge is 0.320 e. The first kappa shape index (κ1) is 12.4. The number of nitrogens with zero attached hydrogens (tertiary/aromatic N) is 1. The average molecular weight is 223 g/mol. The normalized spacial score (nSPS) is 9.88. The first-order valence-electron chi connectivity index (χ1n) is 5.27. The molecule has 0 aliphatic carbocycles. The average Bonchev–Trinajstić information content (AvgIpc) is 2.28. The van der Waals surface area contributed by atoms with E-state index in [1.807, 2.05) is 19.9 Å². The van der Waals surface area contributed by atoms with E-state index in [4.69, 9.17) is 4.74 Å². The number of carbonyl (C=O) groups is 1. The number of rotatable bonds is 5. The summed E-state index contributed by atoms with van der Waals surface area (Å²) >= 11 is 0. The van der Waals surface area contributed by atoms with Crippen molar-refractivity contribution in [3.63, 3.8) is 0 Å². The Morgan fingerprint density at radius 3 is 2.94 bits per heavy atom. The highest BCUT2D eigenvalue weighted by Gasteiger charge is 2.00. The van der Waals surface area contributed by atoms with Crippen LogP contribution in [0.25, 0.3) is 0 Å². The maximum absolute atomic E-state index is 11.3. The molecule has 1 aromatic rings. The van der Waals surface area contributed by atoms with Crippen molar-refractivity contribution >= 4 is 11.8 Å². The van der Waals surface area contributed by atoms with Gasteiger partial charge in [0.2, 0.25) is 0 Å². The standard InChI is InChI=1S/C11H17N3O2/c1-3-16-7-6-12-11(15)14-10-5-4-9(2)8-13-10/h4-5,8H,3,6-7H2,1-2H3,(H2,12,13,14,15). The van der Waals surface area contributed by atoms with Crippen LogP contribution in [0.5, 0.6) is 0 Å². The molecule has 1 rings (SSSR count). The third-order valence-corrected chi connectivity index (χ3v) is 1.89. The number of ether oxygens (including phenoxy) is 1. The largest absolute Gasteiger partial charge is 0.380 e. The van der Waals surface area contributed by atoms with Gasteiger partial charge in [-0.3, -0.25) is 5.32 Å². The Hall–Kier alpha value is -1.62. The van der Waals surface area contributed by atoms with Crippen LogP contribution in [0.15, 0.2) is 18.3 Å². The molecule has 0 aliphatic heterocycles. The Kier molecular flexibility index (Phi) is 5.28. The van der Waals surface area contributed by atoms with Crippen LogP contribution in [0.2, 0.25) is 0 Å². The Balaban J connectivity index is 2.26. The lowest BCUT2D eigenvalue weighted by molar-refractivity contribution is 0.150. The Morgan fingerprint density at radius 2 is 2.31 bits per heavy atom. The first-order chi connectivity index (χ1) is 7.72. The molecule has 2 amide bonds. The molecule has 0 spiro atoms. The maximum atomic E-state index is 11.3. The third kappa shape index (κ3) is 4.75. The van der Waals surface area contributed by atoms with E-state index in [1.54, 1.807) is 12.3 Å². The number of aromatic nitrogens is 1. The highest BCUT2D eigenvalue weighted by atomic mass is 16.5. The van der Waals surface area contributed by atoms with Crippen molar-refractivity contribution in [2.75, 3.05) is 25.1 Å². The van der Waals surface area contributed by atoms with E-state index in [2.05, 4.69) is 15.6 Å². The van der Waals surface area contributed by atoms with Gasteiger partial charge in [-0.2, -0.15) is 0 Å². The third-order valence-electron chi connectivity index (χ3n) is 1.89. The van der Waals surface area contributed by atoms with Crippen LogP contribution in [-0.2, 0) is 4.74 Å². The van der Waals surface area contributed by atoms with Crippen LogP contribution in [0.1, 0.15) is 12.5 Å². The fourth-order valence-corrected chi connectivity index (χ4v) is 1.08. The van der Waals surface area contributed by atoms with Crippen molar-refractivity contribution in [1.29, 1.82) is 0 Å². The van der Waals surface area contributed by atoms with Crippen molar-refractivity contribution in [2.24, 2.45) is 0 Å². The molecule has 0 bridgehead atoms. The van der Waals surface area contributed by atoms with Gasteiger partial charge in [0.05, 0.1) is 6.61 Å². The quantitative estimate of drug-likeness (QED) is 0.744. The van der Waals surface area contributed by atoms with Gasteiger partial charge in [-0.15, -0.1) is 0 Å². The predicted octanol–water partition coefficient (Wildman–Crippen LogP) is 1.55. The summed E-state index contributed by atoms with van der Waals surface area (Å²) in [5, 5.41) is 5.29. The molecule has 1 aromatic heterocycles. The molecule has 0 saturated heterocycles. The lowest BCUT2D eigenvalue weighted by atomic mass is 10.3. The molecule has 2 N–H and O–H groups in total. The van der Waals surface area contributed by atoms with Gasteiger partial charge in [-0.25, -0.2) is 9.78 Å². The fourth-order valence-electron chi connectivity index (χ4n) is 1.08. The minimum Gasteiger partial charge on any atom is -0.380 e. The number of carbonyl (C=O) groups excluding carboxylic acids is 1. The van der Waals surface area contributed by atoms with E-state index in [0.29, 0.717) is 25.6 Å². The molecule has 1 heterocycles. The first-order valence-corrected chi connectivity index (χ1v) is 5.27. The number of pyridine rings is 1. The summed E-state index contributed by atoms with van der Waals surface area (Å²) in [5.74, 6) is 0.541. The highest BCUT2D eigenvalue weighted by Crippen LogP contribution is 2.02. The number of urea groups is 1. The van der Waals surface area contributed by atoms with Gasteiger partial charge in [-0.1, -0.05) is 6.07 Å². The summed E-state index contributed by atoms with van der Waals surface area (Å²) in [4.78, 5) is 15.4. The van der Waals surface area contributed by atoms with E-state index in [0.717, 1.165) is 5.56 Å². The molecule has 0 radical (unpaired) electrons. The molecule has 5 nitrogen and oxygen atoms in total. The number of anilines is 1. The summed E-state index contributed by atoms with van der Waals surface area (Å²) in [7, 11) is 0. The summed E-state index contributed by atoms with van der Waals surface area (Å²) < 4.78 is 5.09. The second kappa shape index (κ2) is 6.79. The molecule has 5 heteroatoms. The molecule has 0 fully saturated rings. The molecule has 0 aliphatic rings. The summed E-state index contributed by atoms with van der Waals surface area (Å²) in [6.45, 7) is 5.52. The molecule has 0 atom stereocenters. The van der Waals surface area contributed by atoms with Gasteiger partial charge >= 0.3 is 6.03 Å². The molecule has 0 unspecified atom stereocenters. The maximum Gasteiger partial charge on any atom is 0.320 e. The Morgan fingerprint density at radius 1 is 1.50 bits per heavy atom. The van der Waals surface area contributed by atoms with Gasteiger partial charge < -0.3 is 10.1 Å². The van der Waals surface area contributed by atoms with Gasteiger partial charge in [-0.05, 0) is 25.5 Å². The number of nitrogens with one attached hydrogen (secondary N) is 2. The van der Waals surface area contributed by atoms with E-state index in [9.17, 15) is 4.79 Å². The van der Waals surface area contributed by atoms with Crippen LogP contribution in [0.3, 0.4) is 0 Å². The zero-order chi connectivity index (χ0) is 11.8. The SMILES string of the molecule is CCOCCNC(=O)Nc1ccc(C)cn1. The van der Waals surface area contributed by atoms with Crippen LogP contribution >= 0.6 is 0 Å². The van der Waals surface area contributed by atoms with Crippen LogP contribution in [-0.4, -0.2) is 30.8 Å². The highest BCUT2D eigenvalue weighted by molar-refractivity contribution is 5.88. The van der Waals surface area contributed by atoms with Crippen LogP contribution < -0.4 is 10.6 Å². The summed E-state index contributed by atoms with van der Waals surface area (Å²) in [6, 6.07) is 3.39. The Labute approximate surface area is 95.2 Å². The van der Waals surface area contributed by atoms with E-state index < -0.39 is 0 Å².